The first kappa shape index (κ1) is 7.81. The fourth-order valence-corrected chi connectivity index (χ4v) is 2.38. The Bertz CT molecular complexity index is 373. The van der Waals surface area contributed by atoms with Crippen LogP contribution in [-0.2, 0) is 6.42 Å². The lowest BCUT2D eigenvalue weighted by molar-refractivity contribution is 0.930. The van der Waals surface area contributed by atoms with E-state index >= 15 is 0 Å². The van der Waals surface area contributed by atoms with Crippen LogP contribution in [0, 0.1) is 0 Å². The van der Waals surface area contributed by atoms with Crippen LogP contribution in [0.2, 0.25) is 0 Å². The summed E-state index contributed by atoms with van der Waals surface area (Å²) >= 11 is 1.83. The van der Waals surface area contributed by atoms with E-state index in [1.54, 1.807) is 0 Å². The number of aryl methyl sites for hydroxylation is 1. The van der Waals surface area contributed by atoms with E-state index in [-0.39, 0.29) is 0 Å². The number of benzene rings is 1. The van der Waals surface area contributed by atoms with Gasteiger partial charge in [-0.05, 0) is 34.9 Å². The summed E-state index contributed by atoms with van der Waals surface area (Å²) in [7, 11) is 0. The van der Waals surface area contributed by atoms with Crippen molar-refractivity contribution in [2.45, 2.75) is 19.8 Å². The summed E-state index contributed by atoms with van der Waals surface area (Å²) in [5.74, 6) is 0. The molecule has 0 N–H and O–H groups in total. The Kier molecular flexibility index (Phi) is 2.13. The van der Waals surface area contributed by atoms with Gasteiger partial charge in [0, 0.05) is 4.70 Å². The first-order valence-corrected chi connectivity index (χ1v) is 5.25. The van der Waals surface area contributed by atoms with Gasteiger partial charge >= 0.3 is 0 Å². The largest absolute Gasteiger partial charge is 0.144 e. The summed E-state index contributed by atoms with van der Waals surface area (Å²) < 4.78 is 1.42. The van der Waals surface area contributed by atoms with Crippen LogP contribution in [0.5, 0.6) is 0 Å². The van der Waals surface area contributed by atoms with Crippen molar-refractivity contribution in [3.8, 4) is 0 Å². The van der Waals surface area contributed by atoms with Gasteiger partial charge < -0.3 is 0 Å². The second-order valence-electron chi connectivity index (χ2n) is 3.00. The molecule has 0 aliphatic heterocycles. The molecule has 62 valence electrons. The Morgan fingerprint density at radius 2 is 2.17 bits per heavy atom. The van der Waals surface area contributed by atoms with Gasteiger partial charge in [0.15, 0.2) is 0 Å². The van der Waals surface area contributed by atoms with Crippen LogP contribution in [0.15, 0.2) is 29.6 Å². The van der Waals surface area contributed by atoms with Gasteiger partial charge in [-0.2, -0.15) is 0 Å². The summed E-state index contributed by atoms with van der Waals surface area (Å²) in [5, 5.41) is 3.62. The van der Waals surface area contributed by atoms with Gasteiger partial charge in [0.2, 0.25) is 0 Å². The molecule has 0 aliphatic carbocycles. The number of hydrogen-bond donors (Lipinski definition) is 0. The van der Waals surface area contributed by atoms with Crippen molar-refractivity contribution >= 4 is 21.4 Å². The van der Waals surface area contributed by atoms with Crippen molar-refractivity contribution in [1.82, 2.24) is 0 Å². The van der Waals surface area contributed by atoms with Crippen LogP contribution in [0.3, 0.4) is 0 Å². The van der Waals surface area contributed by atoms with Gasteiger partial charge in [-0.15, -0.1) is 11.3 Å². The monoisotopic (exact) mass is 176 g/mol. The predicted octanol–water partition coefficient (Wildman–Crippen LogP) is 3.85. The third-order valence-electron chi connectivity index (χ3n) is 2.11. The number of thiophene rings is 1. The molecule has 2 rings (SSSR count). The van der Waals surface area contributed by atoms with Gasteiger partial charge in [0.05, 0.1) is 0 Å². The first-order chi connectivity index (χ1) is 5.92. The van der Waals surface area contributed by atoms with Crippen LogP contribution in [0.1, 0.15) is 18.9 Å². The molecule has 0 fully saturated rings. The normalized spacial score (nSPS) is 10.8. The average molecular weight is 176 g/mol. The van der Waals surface area contributed by atoms with Crippen molar-refractivity contribution in [3.63, 3.8) is 0 Å². The number of fused-ring (bicyclic) bond motifs is 1. The van der Waals surface area contributed by atoms with E-state index < -0.39 is 0 Å². The van der Waals surface area contributed by atoms with Crippen molar-refractivity contribution < 1.29 is 0 Å². The molecule has 0 bridgehead atoms. The Balaban J connectivity index is 2.57. The quantitative estimate of drug-likeness (QED) is 0.652. The van der Waals surface area contributed by atoms with E-state index in [0.717, 1.165) is 0 Å². The minimum absolute atomic E-state index is 1.20. The zero-order valence-electron chi connectivity index (χ0n) is 7.21. The smallest absolute Gasteiger partial charge is 0.0345 e. The summed E-state index contributed by atoms with van der Waals surface area (Å²) in [6.45, 7) is 2.23. The molecule has 0 saturated carbocycles. The highest BCUT2D eigenvalue weighted by molar-refractivity contribution is 7.17. The molecular weight excluding hydrogens is 164 g/mol. The van der Waals surface area contributed by atoms with Crippen molar-refractivity contribution in [2.24, 2.45) is 0 Å². The summed E-state index contributed by atoms with van der Waals surface area (Å²) in [6, 6.07) is 8.81. The van der Waals surface area contributed by atoms with Crippen LogP contribution >= 0.6 is 11.3 Å². The molecule has 0 nitrogen and oxygen atoms in total. The molecule has 12 heavy (non-hydrogen) atoms. The molecule has 2 aromatic rings. The maximum absolute atomic E-state index is 2.23. The first-order valence-electron chi connectivity index (χ1n) is 4.37. The zero-order chi connectivity index (χ0) is 8.39. The highest BCUT2D eigenvalue weighted by Crippen LogP contribution is 2.24. The third-order valence-corrected chi connectivity index (χ3v) is 2.99. The van der Waals surface area contributed by atoms with Crippen molar-refractivity contribution in [3.05, 3.63) is 35.2 Å². The van der Waals surface area contributed by atoms with E-state index in [9.17, 15) is 0 Å². The molecule has 0 aliphatic rings. The molecule has 1 heteroatoms. The van der Waals surface area contributed by atoms with E-state index in [1.165, 1.54) is 28.5 Å². The molecule has 0 radical (unpaired) electrons. The van der Waals surface area contributed by atoms with Gasteiger partial charge in [-0.3, -0.25) is 0 Å². The molecule has 1 aromatic carbocycles. The molecular formula is C11H12S. The molecule has 1 heterocycles. The fourth-order valence-electron chi connectivity index (χ4n) is 1.54. The van der Waals surface area contributed by atoms with Crippen molar-refractivity contribution in [2.75, 3.05) is 0 Å². The second-order valence-corrected chi connectivity index (χ2v) is 3.95. The number of rotatable bonds is 2. The van der Waals surface area contributed by atoms with Crippen LogP contribution in [0.25, 0.3) is 10.1 Å². The summed E-state index contributed by atoms with van der Waals surface area (Å²) in [5.41, 5.74) is 1.50. The van der Waals surface area contributed by atoms with Crippen LogP contribution < -0.4 is 0 Å². The lowest BCUT2D eigenvalue weighted by Gasteiger charge is -1.99. The minimum atomic E-state index is 1.20. The molecule has 0 amide bonds. The number of hydrogen-bond acceptors (Lipinski definition) is 1. The topological polar surface area (TPSA) is 0 Å². The standard InChI is InChI=1S/C11H12S/c1-2-4-9-5-3-6-11-10(9)7-8-12-11/h3,5-8H,2,4H2,1H3. The molecule has 0 saturated heterocycles. The van der Waals surface area contributed by atoms with Gasteiger partial charge in [0.1, 0.15) is 0 Å². The zero-order valence-corrected chi connectivity index (χ0v) is 8.03. The maximum Gasteiger partial charge on any atom is 0.0345 e. The Morgan fingerprint density at radius 1 is 1.25 bits per heavy atom. The maximum atomic E-state index is 2.23. The highest BCUT2D eigenvalue weighted by atomic mass is 32.1. The van der Waals surface area contributed by atoms with Gasteiger partial charge in [-0.1, -0.05) is 25.5 Å². The highest BCUT2D eigenvalue weighted by Gasteiger charge is 1.99. The van der Waals surface area contributed by atoms with Gasteiger partial charge in [0.25, 0.3) is 0 Å². The van der Waals surface area contributed by atoms with E-state index in [2.05, 4.69) is 36.6 Å². The van der Waals surface area contributed by atoms with E-state index in [0.29, 0.717) is 0 Å². The Labute approximate surface area is 76.8 Å². The van der Waals surface area contributed by atoms with E-state index in [1.807, 2.05) is 11.3 Å². The molecule has 1 aromatic heterocycles. The van der Waals surface area contributed by atoms with Gasteiger partial charge in [-0.25, -0.2) is 0 Å². The predicted molar refractivity (Wildman–Crippen MR) is 55.8 cm³/mol. The Hall–Kier alpha value is -0.820. The molecule has 0 spiro atoms. The fraction of sp³-hybridized carbons (Fsp3) is 0.273. The van der Waals surface area contributed by atoms with E-state index in [4.69, 9.17) is 0 Å². The lowest BCUT2D eigenvalue weighted by atomic mass is 10.1. The van der Waals surface area contributed by atoms with Crippen molar-refractivity contribution in [1.29, 1.82) is 0 Å². The van der Waals surface area contributed by atoms with Crippen LogP contribution in [-0.4, -0.2) is 0 Å². The summed E-state index contributed by atoms with van der Waals surface area (Å²) in [6.07, 6.45) is 2.43. The SMILES string of the molecule is CCCc1cccc2sccc12. The lowest BCUT2D eigenvalue weighted by Crippen LogP contribution is -1.81. The van der Waals surface area contributed by atoms with Crippen LogP contribution in [0.4, 0.5) is 0 Å². The minimum Gasteiger partial charge on any atom is -0.144 e. The summed E-state index contributed by atoms with van der Waals surface area (Å²) in [4.78, 5) is 0. The average Bonchev–Trinajstić information content (AvgIpc) is 2.53. The molecule has 0 atom stereocenters. The molecule has 0 unspecified atom stereocenters. The second kappa shape index (κ2) is 3.28. The third kappa shape index (κ3) is 1.25. The Morgan fingerprint density at radius 3 is 3.00 bits per heavy atom.